The number of hydrogen-bond acceptors (Lipinski definition) is 13. The Kier molecular flexibility index (Phi) is 11.0. The highest BCUT2D eigenvalue weighted by Crippen LogP contribution is 2.14. The van der Waals surface area contributed by atoms with Crippen LogP contribution in [0.15, 0.2) is 0 Å². The van der Waals surface area contributed by atoms with E-state index in [0.717, 1.165) is 0 Å². The second-order valence-electron chi connectivity index (χ2n) is 5.36. The molecular weight excluding hydrogens is 352 g/mol. The largest absolute Gasteiger partial charge is 0.394 e. The van der Waals surface area contributed by atoms with Crippen LogP contribution in [0.25, 0.3) is 0 Å². The Bertz CT molecular complexity index is 326. The molecule has 2 unspecified atom stereocenters. The van der Waals surface area contributed by atoms with Crippen molar-refractivity contribution in [1.82, 2.24) is 0 Å². The SMILES string of the molecule is OC[C@@H](O)[C@@H](O)[C@H](O)[C@H](O)C(O)OC(O)[C@@H](O)[C@@H](O)[C@H](O)[C@H](O)CO. The summed E-state index contributed by atoms with van der Waals surface area (Å²) in [5.41, 5.74) is 0. The summed E-state index contributed by atoms with van der Waals surface area (Å²) in [6.07, 6.45) is -21.9. The Labute approximate surface area is 141 Å². The van der Waals surface area contributed by atoms with Crippen LogP contribution >= 0.6 is 0 Å². The number of hydrogen-bond donors (Lipinski definition) is 12. The van der Waals surface area contributed by atoms with E-state index in [1.54, 1.807) is 0 Å². The van der Waals surface area contributed by atoms with Crippen LogP contribution in [-0.2, 0) is 4.74 Å². The van der Waals surface area contributed by atoms with Crippen molar-refractivity contribution >= 4 is 0 Å². The molecule has 13 heteroatoms. The smallest absolute Gasteiger partial charge is 0.186 e. The third-order valence-corrected chi connectivity index (χ3v) is 3.43. The van der Waals surface area contributed by atoms with Crippen molar-refractivity contribution in [3.63, 3.8) is 0 Å². The molecule has 0 heterocycles. The third kappa shape index (κ3) is 6.95. The molecule has 13 nitrogen and oxygen atoms in total. The van der Waals surface area contributed by atoms with E-state index in [1.807, 2.05) is 0 Å². The summed E-state index contributed by atoms with van der Waals surface area (Å²) in [6.45, 7) is -1.94. The summed E-state index contributed by atoms with van der Waals surface area (Å²) in [4.78, 5) is 0. The molecule has 0 rings (SSSR count). The summed E-state index contributed by atoms with van der Waals surface area (Å²) in [5, 5.41) is 111. The van der Waals surface area contributed by atoms with Gasteiger partial charge in [0.25, 0.3) is 0 Å². The van der Waals surface area contributed by atoms with Crippen LogP contribution in [0.2, 0.25) is 0 Å². The topological polar surface area (TPSA) is 252 Å². The Morgan fingerprint density at radius 3 is 0.960 bits per heavy atom. The first-order chi connectivity index (χ1) is 11.5. The molecule has 0 aromatic rings. The van der Waals surface area contributed by atoms with Crippen LogP contribution in [0.1, 0.15) is 0 Å². The lowest BCUT2D eigenvalue weighted by atomic mass is 10.0. The first-order valence-electron chi connectivity index (χ1n) is 7.17. The predicted octanol–water partition coefficient (Wildman–Crippen LogP) is -7.49. The van der Waals surface area contributed by atoms with Crippen LogP contribution < -0.4 is 0 Å². The first kappa shape index (κ1) is 24.5. The normalized spacial score (nSPS) is 24.5. The summed E-state index contributed by atoms with van der Waals surface area (Å²) < 4.78 is 4.32. The number of aliphatic hydroxyl groups excluding tert-OH is 12. The van der Waals surface area contributed by atoms with Crippen LogP contribution in [0.5, 0.6) is 0 Å². The Morgan fingerprint density at radius 1 is 0.440 bits per heavy atom. The van der Waals surface area contributed by atoms with Gasteiger partial charge >= 0.3 is 0 Å². The highest BCUT2D eigenvalue weighted by molar-refractivity contribution is 4.84. The minimum atomic E-state index is -2.44. The van der Waals surface area contributed by atoms with E-state index in [2.05, 4.69) is 4.74 Å². The minimum absolute atomic E-state index is 0.972. The minimum Gasteiger partial charge on any atom is -0.394 e. The standard InChI is InChI=1S/C12H26O13/c13-1-3(15)5(17)7(19)9(21)11(23)25-12(24)10(22)8(20)6(18)4(16)2-14/h3-24H,1-2H2/t3-,4-,5-,6-,7+,8+,9+,10+,11?,12?/m1/s1. The molecule has 25 heavy (non-hydrogen) atoms. The molecule has 0 amide bonds. The van der Waals surface area contributed by atoms with Crippen molar-refractivity contribution in [3.05, 3.63) is 0 Å². The Hall–Kier alpha value is -0.520. The van der Waals surface area contributed by atoms with Crippen LogP contribution in [0.4, 0.5) is 0 Å². The van der Waals surface area contributed by atoms with Gasteiger partial charge in [0.15, 0.2) is 12.6 Å². The van der Waals surface area contributed by atoms with Crippen LogP contribution in [0, 0.1) is 0 Å². The molecule has 0 spiro atoms. The highest BCUT2D eigenvalue weighted by Gasteiger charge is 2.39. The van der Waals surface area contributed by atoms with E-state index < -0.39 is 74.6 Å². The van der Waals surface area contributed by atoms with Gasteiger partial charge < -0.3 is 66.0 Å². The second-order valence-corrected chi connectivity index (χ2v) is 5.36. The first-order valence-corrected chi connectivity index (χ1v) is 7.17. The van der Waals surface area contributed by atoms with Crippen molar-refractivity contribution in [2.75, 3.05) is 13.2 Å². The maximum atomic E-state index is 9.55. The zero-order chi connectivity index (χ0) is 19.9. The molecule has 0 radical (unpaired) electrons. The van der Waals surface area contributed by atoms with Crippen molar-refractivity contribution in [2.45, 2.75) is 61.4 Å². The molecular formula is C12H26O13. The Morgan fingerprint density at radius 2 is 0.720 bits per heavy atom. The molecule has 0 bridgehead atoms. The molecule has 0 aromatic heterocycles. The molecule has 0 aromatic carbocycles. The molecule has 12 N–H and O–H groups in total. The quantitative estimate of drug-likeness (QED) is 0.141. The fourth-order valence-corrected chi connectivity index (χ4v) is 1.72. The van der Waals surface area contributed by atoms with Gasteiger partial charge in [-0.2, -0.15) is 0 Å². The molecule has 0 aliphatic rings. The third-order valence-electron chi connectivity index (χ3n) is 3.43. The summed E-state index contributed by atoms with van der Waals surface area (Å²) in [7, 11) is 0. The van der Waals surface area contributed by atoms with Gasteiger partial charge in [-0.15, -0.1) is 0 Å². The molecule has 10 atom stereocenters. The lowest BCUT2D eigenvalue weighted by molar-refractivity contribution is -0.295. The van der Waals surface area contributed by atoms with Gasteiger partial charge in [0.1, 0.15) is 48.8 Å². The van der Waals surface area contributed by atoms with E-state index in [0.29, 0.717) is 0 Å². The number of aliphatic hydroxyl groups is 12. The van der Waals surface area contributed by atoms with Gasteiger partial charge in [-0.25, -0.2) is 0 Å². The van der Waals surface area contributed by atoms with E-state index in [4.69, 9.17) is 20.4 Å². The highest BCUT2D eigenvalue weighted by atomic mass is 16.7. The van der Waals surface area contributed by atoms with Gasteiger partial charge in [0.05, 0.1) is 13.2 Å². The van der Waals surface area contributed by atoms with Crippen molar-refractivity contribution < 1.29 is 66.0 Å². The predicted molar refractivity (Wildman–Crippen MR) is 75.3 cm³/mol. The van der Waals surface area contributed by atoms with E-state index in [9.17, 15) is 40.9 Å². The van der Waals surface area contributed by atoms with Crippen molar-refractivity contribution in [3.8, 4) is 0 Å². The van der Waals surface area contributed by atoms with E-state index in [-0.39, 0.29) is 0 Å². The fraction of sp³-hybridized carbons (Fsp3) is 1.00. The van der Waals surface area contributed by atoms with Gasteiger partial charge in [-0.05, 0) is 0 Å². The zero-order valence-corrected chi connectivity index (χ0v) is 13.0. The van der Waals surface area contributed by atoms with Crippen LogP contribution in [-0.4, -0.2) is 136 Å². The van der Waals surface area contributed by atoms with Gasteiger partial charge in [0, 0.05) is 0 Å². The maximum Gasteiger partial charge on any atom is 0.186 e. The number of rotatable bonds is 12. The summed E-state index contributed by atoms with van der Waals surface area (Å²) in [5.74, 6) is 0. The van der Waals surface area contributed by atoms with Gasteiger partial charge in [0.2, 0.25) is 0 Å². The molecule has 0 saturated carbocycles. The monoisotopic (exact) mass is 378 g/mol. The van der Waals surface area contributed by atoms with Crippen LogP contribution in [0.3, 0.4) is 0 Å². The molecule has 0 aliphatic heterocycles. The van der Waals surface area contributed by atoms with Gasteiger partial charge in [-0.3, -0.25) is 0 Å². The zero-order valence-electron chi connectivity index (χ0n) is 13.0. The Balaban J connectivity index is 4.73. The molecule has 152 valence electrons. The summed E-state index contributed by atoms with van der Waals surface area (Å²) in [6, 6.07) is 0. The molecule has 0 saturated heterocycles. The van der Waals surface area contributed by atoms with Gasteiger partial charge in [-0.1, -0.05) is 0 Å². The maximum absolute atomic E-state index is 9.55. The van der Waals surface area contributed by atoms with Crippen molar-refractivity contribution in [2.24, 2.45) is 0 Å². The fourth-order valence-electron chi connectivity index (χ4n) is 1.72. The second kappa shape index (κ2) is 11.2. The van der Waals surface area contributed by atoms with E-state index in [1.165, 1.54) is 0 Å². The number of ether oxygens (including phenoxy) is 1. The average molecular weight is 378 g/mol. The summed E-state index contributed by atoms with van der Waals surface area (Å²) >= 11 is 0. The average Bonchev–Trinajstić information content (AvgIpc) is 2.62. The van der Waals surface area contributed by atoms with Crippen molar-refractivity contribution in [1.29, 1.82) is 0 Å². The lowest BCUT2D eigenvalue weighted by Crippen LogP contribution is -2.54. The molecule has 0 aliphatic carbocycles. The molecule has 0 fully saturated rings. The van der Waals surface area contributed by atoms with E-state index >= 15 is 0 Å². The lowest BCUT2D eigenvalue weighted by Gasteiger charge is -2.32.